The zero-order valence-electron chi connectivity index (χ0n) is 11.6. The maximum Gasteiger partial charge on any atom is 0.227 e. The van der Waals surface area contributed by atoms with Gasteiger partial charge in [0.1, 0.15) is 0 Å². The topological polar surface area (TPSA) is 62.2 Å². The number of aliphatic hydroxyl groups is 1. The van der Waals surface area contributed by atoms with E-state index < -0.39 is 0 Å². The minimum Gasteiger partial charge on any atom is -0.392 e. The number of carbonyl (C=O) groups excluding carboxylic acids is 1. The Hall–Kier alpha value is -1.42. The fraction of sp³-hybridized carbons (Fsp3) is 0.600. The summed E-state index contributed by atoms with van der Waals surface area (Å²) >= 11 is 0. The predicted molar refractivity (Wildman–Crippen MR) is 74.5 cm³/mol. The van der Waals surface area contributed by atoms with Gasteiger partial charge < -0.3 is 10.4 Å². The van der Waals surface area contributed by atoms with Crippen LogP contribution in [0, 0.1) is 17.8 Å². The van der Waals surface area contributed by atoms with Crippen LogP contribution >= 0.6 is 0 Å². The molecule has 1 heterocycles. The van der Waals surface area contributed by atoms with E-state index in [-0.39, 0.29) is 18.4 Å². The summed E-state index contributed by atoms with van der Waals surface area (Å²) in [7, 11) is 0. The molecule has 1 aliphatic carbocycles. The number of anilines is 1. The van der Waals surface area contributed by atoms with Crippen LogP contribution in [-0.2, 0) is 11.4 Å². The van der Waals surface area contributed by atoms with Crippen LogP contribution in [0.3, 0.4) is 0 Å². The molecule has 1 aliphatic rings. The molecule has 104 valence electrons. The SMILES string of the molecule is CC1CC(C)CC(C(=O)Nc2cnccc2CO)C1. The maximum atomic E-state index is 12.3. The normalized spacial score (nSPS) is 27.0. The van der Waals surface area contributed by atoms with Crippen LogP contribution < -0.4 is 5.32 Å². The van der Waals surface area contributed by atoms with Gasteiger partial charge in [-0.2, -0.15) is 0 Å². The fourth-order valence-electron chi connectivity index (χ4n) is 3.07. The van der Waals surface area contributed by atoms with E-state index in [4.69, 9.17) is 0 Å². The molecule has 2 N–H and O–H groups in total. The maximum absolute atomic E-state index is 12.3. The van der Waals surface area contributed by atoms with Gasteiger partial charge in [0, 0.05) is 17.7 Å². The molecule has 1 aromatic rings. The van der Waals surface area contributed by atoms with E-state index in [9.17, 15) is 9.90 Å². The Kier molecular flexibility index (Phi) is 4.53. The average molecular weight is 262 g/mol. The zero-order valence-corrected chi connectivity index (χ0v) is 11.6. The molecule has 19 heavy (non-hydrogen) atoms. The van der Waals surface area contributed by atoms with Gasteiger partial charge in [-0.3, -0.25) is 9.78 Å². The molecule has 4 heteroatoms. The number of aliphatic hydroxyl groups excluding tert-OH is 1. The molecule has 1 aromatic heterocycles. The van der Waals surface area contributed by atoms with Gasteiger partial charge in [0.2, 0.25) is 5.91 Å². The average Bonchev–Trinajstić information content (AvgIpc) is 2.38. The van der Waals surface area contributed by atoms with Gasteiger partial charge >= 0.3 is 0 Å². The van der Waals surface area contributed by atoms with Gasteiger partial charge in [-0.05, 0) is 37.2 Å². The molecule has 1 amide bonds. The summed E-state index contributed by atoms with van der Waals surface area (Å²) in [5.41, 5.74) is 1.33. The summed E-state index contributed by atoms with van der Waals surface area (Å²) in [5.74, 6) is 1.34. The molecule has 2 unspecified atom stereocenters. The second kappa shape index (κ2) is 6.15. The molecular formula is C15H22N2O2. The number of rotatable bonds is 3. The Balaban J connectivity index is 2.04. The van der Waals surface area contributed by atoms with Crippen LogP contribution in [0.2, 0.25) is 0 Å². The highest BCUT2D eigenvalue weighted by Crippen LogP contribution is 2.33. The van der Waals surface area contributed by atoms with E-state index in [1.807, 2.05) is 0 Å². The third kappa shape index (κ3) is 3.53. The number of hydrogen-bond donors (Lipinski definition) is 2. The van der Waals surface area contributed by atoms with Crippen molar-refractivity contribution < 1.29 is 9.90 Å². The van der Waals surface area contributed by atoms with Gasteiger partial charge in [0.25, 0.3) is 0 Å². The monoisotopic (exact) mass is 262 g/mol. The van der Waals surface area contributed by atoms with Crippen LogP contribution in [0.25, 0.3) is 0 Å². The first-order valence-electron chi connectivity index (χ1n) is 6.94. The fourth-order valence-corrected chi connectivity index (χ4v) is 3.07. The third-order valence-electron chi connectivity index (χ3n) is 3.89. The van der Waals surface area contributed by atoms with E-state index in [2.05, 4.69) is 24.1 Å². The predicted octanol–water partition coefficient (Wildman–Crippen LogP) is 2.58. The number of carbonyl (C=O) groups is 1. The summed E-state index contributed by atoms with van der Waals surface area (Å²) in [6.45, 7) is 4.33. The molecule has 0 aliphatic heterocycles. The second-order valence-corrected chi connectivity index (χ2v) is 5.79. The highest BCUT2D eigenvalue weighted by Gasteiger charge is 2.29. The molecule has 0 aromatic carbocycles. The third-order valence-corrected chi connectivity index (χ3v) is 3.89. The van der Waals surface area contributed by atoms with Crippen LogP contribution in [0.1, 0.15) is 38.7 Å². The minimum absolute atomic E-state index is 0.0566. The molecule has 2 atom stereocenters. The van der Waals surface area contributed by atoms with Gasteiger partial charge in [0.15, 0.2) is 0 Å². The van der Waals surface area contributed by atoms with E-state index in [1.165, 1.54) is 6.42 Å². The minimum atomic E-state index is -0.0877. The van der Waals surface area contributed by atoms with E-state index in [0.717, 1.165) is 12.8 Å². The molecular weight excluding hydrogens is 240 g/mol. The van der Waals surface area contributed by atoms with Crippen molar-refractivity contribution in [1.29, 1.82) is 0 Å². The van der Waals surface area contributed by atoms with Crippen LogP contribution in [0.15, 0.2) is 18.5 Å². The van der Waals surface area contributed by atoms with Gasteiger partial charge in [-0.1, -0.05) is 13.8 Å². The molecule has 2 rings (SSSR count). The molecule has 4 nitrogen and oxygen atoms in total. The molecule has 0 spiro atoms. The lowest BCUT2D eigenvalue weighted by Crippen LogP contribution is -2.30. The van der Waals surface area contributed by atoms with Crippen molar-refractivity contribution in [1.82, 2.24) is 4.98 Å². The van der Waals surface area contributed by atoms with Gasteiger partial charge in [-0.15, -0.1) is 0 Å². The number of nitrogens with zero attached hydrogens (tertiary/aromatic N) is 1. The molecule has 0 saturated heterocycles. The highest BCUT2D eigenvalue weighted by atomic mass is 16.3. The number of aromatic nitrogens is 1. The lowest BCUT2D eigenvalue weighted by atomic mass is 9.76. The summed E-state index contributed by atoms with van der Waals surface area (Å²) in [6.07, 6.45) is 6.32. The second-order valence-electron chi connectivity index (χ2n) is 5.79. The lowest BCUT2D eigenvalue weighted by molar-refractivity contribution is -0.121. The summed E-state index contributed by atoms with van der Waals surface area (Å²) < 4.78 is 0. The molecule has 0 radical (unpaired) electrons. The van der Waals surface area contributed by atoms with Crippen molar-refractivity contribution in [2.24, 2.45) is 17.8 Å². The Bertz CT molecular complexity index is 438. The van der Waals surface area contributed by atoms with Crippen LogP contribution in [0.5, 0.6) is 0 Å². The van der Waals surface area contributed by atoms with Crippen molar-refractivity contribution >= 4 is 11.6 Å². The molecule has 0 bridgehead atoms. The van der Waals surface area contributed by atoms with Gasteiger partial charge in [0.05, 0.1) is 18.5 Å². The van der Waals surface area contributed by atoms with Gasteiger partial charge in [-0.25, -0.2) is 0 Å². The van der Waals surface area contributed by atoms with Crippen molar-refractivity contribution in [3.63, 3.8) is 0 Å². The van der Waals surface area contributed by atoms with Crippen molar-refractivity contribution in [3.8, 4) is 0 Å². The number of amides is 1. The Morgan fingerprint density at radius 1 is 1.37 bits per heavy atom. The standard InChI is InChI=1S/C15H22N2O2/c1-10-5-11(2)7-13(6-10)15(19)17-14-8-16-4-3-12(14)9-18/h3-4,8,10-11,13,18H,5-7,9H2,1-2H3,(H,17,19). The summed E-state index contributed by atoms with van der Waals surface area (Å²) in [4.78, 5) is 16.3. The quantitative estimate of drug-likeness (QED) is 0.880. The van der Waals surface area contributed by atoms with E-state index in [1.54, 1.807) is 18.5 Å². The molecule has 1 fully saturated rings. The van der Waals surface area contributed by atoms with Crippen molar-refractivity contribution in [2.45, 2.75) is 39.7 Å². The number of hydrogen-bond acceptors (Lipinski definition) is 3. The van der Waals surface area contributed by atoms with Crippen molar-refractivity contribution in [3.05, 3.63) is 24.0 Å². The van der Waals surface area contributed by atoms with E-state index in [0.29, 0.717) is 23.1 Å². The summed E-state index contributed by atoms with van der Waals surface area (Å²) in [6, 6.07) is 1.72. The number of nitrogens with one attached hydrogen (secondary N) is 1. The Labute approximate surface area is 114 Å². The molecule has 1 saturated carbocycles. The van der Waals surface area contributed by atoms with E-state index >= 15 is 0 Å². The highest BCUT2D eigenvalue weighted by molar-refractivity contribution is 5.93. The first-order chi connectivity index (χ1) is 9.10. The summed E-state index contributed by atoms with van der Waals surface area (Å²) in [5, 5.41) is 12.2. The zero-order chi connectivity index (χ0) is 13.8. The largest absolute Gasteiger partial charge is 0.392 e. The Morgan fingerprint density at radius 3 is 2.68 bits per heavy atom. The van der Waals surface area contributed by atoms with Crippen LogP contribution in [0.4, 0.5) is 5.69 Å². The van der Waals surface area contributed by atoms with Crippen LogP contribution in [-0.4, -0.2) is 16.0 Å². The van der Waals surface area contributed by atoms with Crippen molar-refractivity contribution in [2.75, 3.05) is 5.32 Å². The lowest BCUT2D eigenvalue weighted by Gasteiger charge is -2.30. The smallest absolute Gasteiger partial charge is 0.227 e. The number of pyridine rings is 1. The first-order valence-corrected chi connectivity index (χ1v) is 6.94. The first kappa shape index (κ1) is 14.0. The Morgan fingerprint density at radius 2 is 2.05 bits per heavy atom.